The number of amidine groups is 2. The van der Waals surface area contributed by atoms with Gasteiger partial charge in [0.25, 0.3) is 17.8 Å². The number of imide groups is 1. The van der Waals surface area contributed by atoms with Crippen LogP contribution in [0.3, 0.4) is 0 Å². The molecule has 0 aliphatic carbocycles. The maximum atomic E-state index is 14.7. The van der Waals surface area contributed by atoms with Crippen molar-refractivity contribution in [1.29, 1.82) is 0 Å². The Morgan fingerprint density at radius 3 is 2.40 bits per heavy atom. The Bertz CT molecular complexity index is 1210. The predicted molar refractivity (Wildman–Crippen MR) is 133 cm³/mol. The zero-order valence-corrected chi connectivity index (χ0v) is 20.5. The number of aliphatic imine (C=N–C) groups is 1. The number of hydrogen-bond donors (Lipinski definition) is 0. The second kappa shape index (κ2) is 9.39. The Morgan fingerprint density at radius 1 is 1.00 bits per heavy atom. The van der Waals surface area contributed by atoms with Gasteiger partial charge in [-0.15, -0.1) is 0 Å². The third kappa shape index (κ3) is 4.30. The number of carbonyl (C=O) groups is 2. The molecule has 35 heavy (non-hydrogen) atoms. The number of urea groups is 1. The van der Waals surface area contributed by atoms with Crippen LogP contribution in [0.2, 0.25) is 5.02 Å². The van der Waals surface area contributed by atoms with E-state index in [1.54, 1.807) is 23.8 Å². The first kappa shape index (κ1) is 23.4. The number of carbonyl (C=O) groups excluding carboxylic acids is 2. The lowest BCUT2D eigenvalue weighted by atomic mass is 10.1. The molecule has 0 N–H and O–H groups in total. The molecule has 10 heteroatoms. The van der Waals surface area contributed by atoms with Gasteiger partial charge in [0.05, 0.1) is 5.02 Å². The molecule has 3 aliphatic heterocycles. The number of para-hydroxylation sites is 1. The number of fused-ring (bicyclic) bond motifs is 1. The summed E-state index contributed by atoms with van der Waals surface area (Å²) in [4.78, 5) is 37.5. The molecule has 3 aliphatic rings. The van der Waals surface area contributed by atoms with Gasteiger partial charge in [-0.2, -0.15) is 0 Å². The molecule has 3 amide bonds. The van der Waals surface area contributed by atoms with Crippen LogP contribution in [0.5, 0.6) is 0 Å². The molecule has 2 aromatic carbocycles. The van der Waals surface area contributed by atoms with Crippen molar-refractivity contribution in [1.82, 2.24) is 14.7 Å². The summed E-state index contributed by atoms with van der Waals surface area (Å²) >= 11 is 6.32. The standard InChI is InChI=1S/C25H27ClFN6O2/c1-29-23-22(24(34)30(2)25(29)35)33(15-18-19(26)9-6-10-20(18)27)21(28-23)16-31-11-13-32(14-12-31)17-7-4-3-5-8-17/h3-10,22H,11-16H2,1-2H3/q+1. The number of halogens is 2. The molecule has 0 aromatic heterocycles. The molecule has 5 rings (SSSR count). The SMILES string of the molecule is CN1C(=O)C2C(=NC(CN3CCN(c4ccccc4)CC3)=[N+]2Cc2c(F)cccc2Cl)N(C)C1=O. The number of benzene rings is 2. The molecule has 2 saturated heterocycles. The molecule has 0 spiro atoms. The van der Waals surface area contributed by atoms with Crippen molar-refractivity contribution in [2.24, 2.45) is 4.99 Å². The quantitative estimate of drug-likeness (QED) is 0.596. The average Bonchev–Trinajstić information content (AvgIpc) is 3.22. The minimum atomic E-state index is -0.806. The molecule has 1 atom stereocenters. The van der Waals surface area contributed by atoms with Crippen molar-refractivity contribution in [3.63, 3.8) is 0 Å². The lowest BCUT2D eigenvalue weighted by Crippen LogP contribution is -2.61. The van der Waals surface area contributed by atoms with Crippen LogP contribution in [-0.4, -0.2) is 95.7 Å². The number of nitrogens with zero attached hydrogens (tertiary/aromatic N) is 6. The lowest BCUT2D eigenvalue weighted by Gasteiger charge is -2.35. The highest BCUT2D eigenvalue weighted by Crippen LogP contribution is 2.25. The summed E-state index contributed by atoms with van der Waals surface area (Å²) in [6, 6.07) is 13.6. The first-order valence-corrected chi connectivity index (χ1v) is 11.9. The Kier molecular flexibility index (Phi) is 6.29. The van der Waals surface area contributed by atoms with Gasteiger partial charge in [-0.1, -0.05) is 35.9 Å². The van der Waals surface area contributed by atoms with E-state index >= 15 is 0 Å². The zero-order valence-electron chi connectivity index (χ0n) is 19.7. The summed E-state index contributed by atoms with van der Waals surface area (Å²) in [5, 5.41) is 0.287. The normalized spacial score (nSPS) is 21.1. The third-order valence-corrected chi connectivity index (χ3v) is 7.22. The average molecular weight is 498 g/mol. The van der Waals surface area contributed by atoms with Gasteiger partial charge in [0, 0.05) is 51.5 Å². The van der Waals surface area contributed by atoms with E-state index in [-0.39, 0.29) is 17.5 Å². The zero-order chi connectivity index (χ0) is 24.7. The highest BCUT2D eigenvalue weighted by Gasteiger charge is 2.53. The summed E-state index contributed by atoms with van der Waals surface area (Å²) in [6.07, 6.45) is 0. The fourth-order valence-corrected chi connectivity index (χ4v) is 5.04. The summed E-state index contributed by atoms with van der Waals surface area (Å²) in [5.74, 6) is 0.162. The molecule has 182 valence electrons. The van der Waals surface area contributed by atoms with Gasteiger partial charge in [0.1, 0.15) is 18.9 Å². The minimum absolute atomic E-state index is 0.0735. The predicted octanol–water partition coefficient (Wildman–Crippen LogP) is 2.52. The van der Waals surface area contributed by atoms with Crippen molar-refractivity contribution >= 4 is 40.9 Å². The van der Waals surface area contributed by atoms with Crippen molar-refractivity contribution in [3.8, 4) is 0 Å². The van der Waals surface area contributed by atoms with E-state index in [4.69, 9.17) is 16.6 Å². The maximum absolute atomic E-state index is 14.7. The second-order valence-electron chi connectivity index (χ2n) is 8.95. The van der Waals surface area contributed by atoms with E-state index in [0.717, 1.165) is 31.1 Å². The highest BCUT2D eigenvalue weighted by atomic mass is 35.5. The molecule has 8 nitrogen and oxygen atoms in total. The van der Waals surface area contributed by atoms with E-state index in [1.807, 2.05) is 18.2 Å². The molecule has 0 bridgehead atoms. The van der Waals surface area contributed by atoms with E-state index in [1.165, 1.54) is 23.7 Å². The Morgan fingerprint density at radius 2 is 1.71 bits per heavy atom. The second-order valence-corrected chi connectivity index (χ2v) is 9.36. The summed E-state index contributed by atoms with van der Waals surface area (Å²) < 4.78 is 16.5. The minimum Gasteiger partial charge on any atom is -0.369 e. The number of anilines is 1. The van der Waals surface area contributed by atoms with Gasteiger partial charge in [0.15, 0.2) is 0 Å². The number of piperazine rings is 1. The topological polar surface area (TPSA) is 62.5 Å². The largest absolute Gasteiger partial charge is 0.369 e. The molecule has 0 saturated carbocycles. The number of amides is 3. The summed E-state index contributed by atoms with van der Waals surface area (Å²) in [5.41, 5.74) is 1.49. The van der Waals surface area contributed by atoms with E-state index in [2.05, 4.69) is 21.9 Å². The van der Waals surface area contributed by atoms with Gasteiger partial charge in [-0.25, -0.2) is 13.8 Å². The van der Waals surface area contributed by atoms with E-state index in [9.17, 15) is 14.0 Å². The number of likely N-dealkylation sites (N-methyl/N-ethyl adjacent to an activating group) is 2. The van der Waals surface area contributed by atoms with Crippen molar-refractivity contribution < 1.29 is 18.6 Å². The smallest absolute Gasteiger partial charge is 0.333 e. The van der Waals surface area contributed by atoms with Gasteiger partial charge >= 0.3 is 11.9 Å². The van der Waals surface area contributed by atoms with Crippen LogP contribution in [0.25, 0.3) is 0 Å². The molecular formula is C25H27ClFN6O2+. The van der Waals surface area contributed by atoms with Gasteiger partial charge in [0.2, 0.25) is 0 Å². The van der Waals surface area contributed by atoms with Crippen LogP contribution in [0.4, 0.5) is 14.9 Å². The first-order valence-electron chi connectivity index (χ1n) is 11.6. The number of hydrogen-bond acceptors (Lipinski definition) is 5. The van der Waals surface area contributed by atoms with Crippen LogP contribution in [-0.2, 0) is 11.3 Å². The van der Waals surface area contributed by atoms with Crippen LogP contribution >= 0.6 is 11.6 Å². The molecule has 2 aromatic rings. The fourth-order valence-electron chi connectivity index (χ4n) is 4.81. The van der Waals surface area contributed by atoms with Gasteiger partial charge in [-0.05, 0) is 29.3 Å². The third-order valence-electron chi connectivity index (χ3n) is 6.86. The van der Waals surface area contributed by atoms with Crippen LogP contribution in [0, 0.1) is 5.82 Å². The Labute approximate surface area is 208 Å². The van der Waals surface area contributed by atoms with Crippen LogP contribution in [0.15, 0.2) is 53.5 Å². The first-order chi connectivity index (χ1) is 16.8. The monoisotopic (exact) mass is 497 g/mol. The molecule has 0 radical (unpaired) electrons. The molecule has 1 unspecified atom stereocenters. The maximum Gasteiger partial charge on any atom is 0.333 e. The van der Waals surface area contributed by atoms with E-state index in [0.29, 0.717) is 23.8 Å². The summed E-state index contributed by atoms with van der Waals surface area (Å²) in [6.45, 7) is 3.89. The number of rotatable bonds is 5. The fraction of sp³-hybridized carbons (Fsp3) is 0.360. The molecule has 3 heterocycles. The Balaban J connectivity index is 1.43. The van der Waals surface area contributed by atoms with Crippen LogP contribution < -0.4 is 4.90 Å². The Hall–Kier alpha value is -3.30. The van der Waals surface area contributed by atoms with Crippen molar-refractivity contribution in [2.45, 2.75) is 12.6 Å². The molecule has 2 fully saturated rings. The van der Waals surface area contributed by atoms with Crippen molar-refractivity contribution in [3.05, 3.63) is 64.9 Å². The van der Waals surface area contributed by atoms with Gasteiger partial charge < -0.3 is 4.90 Å². The van der Waals surface area contributed by atoms with Crippen molar-refractivity contribution in [2.75, 3.05) is 51.7 Å². The lowest BCUT2D eigenvalue weighted by molar-refractivity contribution is -0.552. The van der Waals surface area contributed by atoms with Gasteiger partial charge in [-0.3, -0.25) is 19.5 Å². The highest BCUT2D eigenvalue weighted by molar-refractivity contribution is 6.31. The van der Waals surface area contributed by atoms with E-state index < -0.39 is 17.9 Å². The summed E-state index contributed by atoms with van der Waals surface area (Å²) in [7, 11) is 3.06. The molecular weight excluding hydrogens is 471 g/mol. The van der Waals surface area contributed by atoms with Crippen LogP contribution in [0.1, 0.15) is 5.56 Å².